The van der Waals surface area contributed by atoms with Gasteiger partial charge in [0.05, 0.1) is 6.42 Å². The molecule has 0 atom stereocenters. The van der Waals surface area contributed by atoms with Crippen LogP contribution < -0.4 is 4.72 Å². The summed E-state index contributed by atoms with van der Waals surface area (Å²) in [5, 5.41) is 15.1. The zero-order valence-corrected chi connectivity index (χ0v) is 9.82. The van der Waals surface area contributed by atoms with E-state index in [1.54, 1.807) is 0 Å². The molecule has 9 nitrogen and oxygen atoms in total. The Labute approximate surface area is 95.4 Å². The third-order valence-corrected chi connectivity index (χ3v) is 3.66. The van der Waals surface area contributed by atoms with Crippen molar-refractivity contribution in [3.8, 4) is 0 Å². The van der Waals surface area contributed by atoms with Gasteiger partial charge in [-0.3, -0.25) is 4.79 Å². The number of anilines is 1. The Bertz CT molecular complexity index is 443. The maximum atomic E-state index is 11.5. The van der Waals surface area contributed by atoms with Gasteiger partial charge in [0.25, 0.3) is 0 Å². The molecule has 0 saturated carbocycles. The standard InChI is InChI=1S/C5H9N5O4S2/c1-10(3-2-4(11)12)16(13,14)7-5-6-8-9-15-5/h2-3H2,1H3,(H,11,12)(H,6,7,9). The second-order valence-electron chi connectivity index (χ2n) is 2.74. The lowest BCUT2D eigenvalue weighted by Crippen LogP contribution is -2.34. The number of carbonyl (C=O) groups is 1. The number of hydrogen-bond acceptors (Lipinski definition) is 7. The molecular formula is C5H9N5O4S2. The molecule has 0 radical (unpaired) electrons. The fourth-order valence-corrected chi connectivity index (χ4v) is 2.17. The van der Waals surface area contributed by atoms with Crippen LogP contribution in [0.1, 0.15) is 6.42 Å². The second kappa shape index (κ2) is 5.14. The van der Waals surface area contributed by atoms with Crippen molar-refractivity contribution in [3.63, 3.8) is 0 Å². The highest BCUT2D eigenvalue weighted by Gasteiger charge is 2.19. The topological polar surface area (TPSA) is 125 Å². The van der Waals surface area contributed by atoms with Gasteiger partial charge in [-0.25, -0.2) is 4.72 Å². The molecule has 0 spiro atoms. The molecule has 0 aliphatic rings. The van der Waals surface area contributed by atoms with Gasteiger partial charge < -0.3 is 5.11 Å². The molecule has 0 fully saturated rings. The SMILES string of the molecule is CN(CCC(=O)O)S(=O)(=O)Nc1nnns1. The van der Waals surface area contributed by atoms with Crippen LogP contribution in [0.5, 0.6) is 0 Å². The maximum absolute atomic E-state index is 11.5. The third kappa shape index (κ3) is 3.67. The summed E-state index contributed by atoms with van der Waals surface area (Å²) in [4.78, 5) is 10.3. The van der Waals surface area contributed by atoms with E-state index in [2.05, 4.69) is 19.5 Å². The van der Waals surface area contributed by atoms with E-state index in [0.29, 0.717) is 0 Å². The van der Waals surface area contributed by atoms with Crippen LogP contribution in [0.25, 0.3) is 0 Å². The van der Waals surface area contributed by atoms with Crippen molar-refractivity contribution in [3.05, 3.63) is 0 Å². The summed E-state index contributed by atoms with van der Waals surface area (Å²) in [6, 6.07) is 0. The number of nitrogens with one attached hydrogen (secondary N) is 1. The third-order valence-electron chi connectivity index (χ3n) is 1.57. The molecule has 0 bridgehead atoms. The summed E-state index contributed by atoms with van der Waals surface area (Å²) in [6.07, 6.45) is -0.272. The molecule has 90 valence electrons. The lowest BCUT2D eigenvalue weighted by atomic mass is 10.4. The Hall–Kier alpha value is -1.33. The maximum Gasteiger partial charge on any atom is 0.304 e. The van der Waals surface area contributed by atoms with E-state index in [1.807, 2.05) is 0 Å². The molecule has 0 amide bonds. The highest BCUT2D eigenvalue weighted by atomic mass is 32.2. The number of carboxylic acids is 1. The summed E-state index contributed by atoms with van der Waals surface area (Å²) in [6.45, 7) is -0.128. The van der Waals surface area contributed by atoms with Crippen molar-refractivity contribution in [2.24, 2.45) is 0 Å². The predicted molar refractivity (Wildman–Crippen MR) is 55.1 cm³/mol. The minimum Gasteiger partial charge on any atom is -0.481 e. The van der Waals surface area contributed by atoms with E-state index in [1.165, 1.54) is 7.05 Å². The first-order chi connectivity index (χ1) is 7.42. The van der Waals surface area contributed by atoms with Crippen molar-refractivity contribution < 1.29 is 18.3 Å². The van der Waals surface area contributed by atoms with E-state index >= 15 is 0 Å². The van der Waals surface area contributed by atoms with Crippen LogP contribution in [0.4, 0.5) is 5.13 Å². The van der Waals surface area contributed by atoms with E-state index in [-0.39, 0.29) is 18.1 Å². The molecule has 0 unspecified atom stereocenters. The zero-order chi connectivity index (χ0) is 12.2. The van der Waals surface area contributed by atoms with Gasteiger partial charge in [0.2, 0.25) is 5.13 Å². The highest BCUT2D eigenvalue weighted by molar-refractivity contribution is 7.90. The summed E-state index contributed by atoms with van der Waals surface area (Å²) >= 11 is 0.786. The van der Waals surface area contributed by atoms with Gasteiger partial charge in [0, 0.05) is 25.1 Å². The molecule has 0 aromatic carbocycles. The first kappa shape index (κ1) is 12.7. The molecule has 0 aliphatic carbocycles. The molecule has 0 saturated heterocycles. The molecule has 1 heterocycles. The Morgan fingerprint density at radius 2 is 2.31 bits per heavy atom. The first-order valence-corrected chi connectivity index (χ1v) is 6.24. The summed E-state index contributed by atoms with van der Waals surface area (Å²) in [5.41, 5.74) is 0. The van der Waals surface area contributed by atoms with E-state index in [9.17, 15) is 13.2 Å². The largest absolute Gasteiger partial charge is 0.481 e. The number of hydrogen-bond donors (Lipinski definition) is 2. The van der Waals surface area contributed by atoms with Gasteiger partial charge in [0.1, 0.15) is 0 Å². The van der Waals surface area contributed by atoms with Crippen LogP contribution in [-0.4, -0.2) is 52.2 Å². The highest BCUT2D eigenvalue weighted by Crippen LogP contribution is 2.09. The molecular weight excluding hydrogens is 258 g/mol. The average molecular weight is 267 g/mol. The minimum atomic E-state index is -3.79. The van der Waals surface area contributed by atoms with E-state index in [4.69, 9.17) is 5.11 Å². The van der Waals surface area contributed by atoms with Crippen LogP contribution in [0.2, 0.25) is 0 Å². The summed E-state index contributed by atoms with van der Waals surface area (Å²) < 4.78 is 29.5. The monoisotopic (exact) mass is 267 g/mol. The van der Waals surface area contributed by atoms with Crippen molar-refractivity contribution in [2.75, 3.05) is 18.3 Å². The van der Waals surface area contributed by atoms with Gasteiger partial charge in [-0.15, -0.1) is 0 Å². The number of rotatable bonds is 6. The molecule has 0 aliphatic heterocycles. The smallest absolute Gasteiger partial charge is 0.304 e. The number of aromatic nitrogens is 3. The van der Waals surface area contributed by atoms with Crippen LogP contribution in [0.3, 0.4) is 0 Å². The Kier molecular flexibility index (Phi) is 4.09. The minimum absolute atomic E-state index is 0.0298. The number of nitrogens with zero attached hydrogens (tertiary/aromatic N) is 4. The average Bonchev–Trinajstić information content (AvgIpc) is 2.65. The van der Waals surface area contributed by atoms with Gasteiger partial charge >= 0.3 is 16.2 Å². The number of carboxylic acid groups (broad SMARTS) is 1. The van der Waals surface area contributed by atoms with Crippen LogP contribution >= 0.6 is 11.5 Å². The van der Waals surface area contributed by atoms with Crippen molar-refractivity contribution >= 4 is 32.8 Å². The molecule has 16 heavy (non-hydrogen) atoms. The number of aliphatic carboxylic acids is 1. The Morgan fingerprint density at radius 3 is 2.81 bits per heavy atom. The lowest BCUT2D eigenvalue weighted by molar-refractivity contribution is -0.137. The fourth-order valence-electron chi connectivity index (χ4n) is 0.735. The quantitative estimate of drug-likeness (QED) is 0.676. The molecule has 1 rings (SSSR count). The summed E-state index contributed by atoms with van der Waals surface area (Å²) in [7, 11) is -2.53. The predicted octanol–water partition coefficient (Wildman–Crippen LogP) is -1.00. The zero-order valence-electron chi connectivity index (χ0n) is 8.19. The van der Waals surface area contributed by atoms with Crippen LogP contribution in [0.15, 0.2) is 0 Å². The van der Waals surface area contributed by atoms with Crippen molar-refractivity contribution in [2.45, 2.75) is 6.42 Å². The van der Waals surface area contributed by atoms with Crippen molar-refractivity contribution in [1.82, 2.24) is 19.1 Å². The van der Waals surface area contributed by atoms with E-state index < -0.39 is 16.2 Å². The molecule has 1 aromatic heterocycles. The van der Waals surface area contributed by atoms with Gasteiger partial charge in [-0.1, -0.05) is 9.59 Å². The van der Waals surface area contributed by atoms with Crippen LogP contribution in [-0.2, 0) is 15.0 Å². The summed E-state index contributed by atoms with van der Waals surface area (Å²) in [5.74, 6) is -1.07. The Balaban J connectivity index is 2.59. The van der Waals surface area contributed by atoms with E-state index in [0.717, 1.165) is 15.8 Å². The van der Waals surface area contributed by atoms with Crippen LogP contribution in [0, 0.1) is 0 Å². The van der Waals surface area contributed by atoms with Gasteiger partial charge in [0.15, 0.2) is 0 Å². The molecule has 11 heteroatoms. The molecule has 1 aromatic rings. The van der Waals surface area contributed by atoms with Gasteiger partial charge in [-0.05, 0) is 5.21 Å². The lowest BCUT2D eigenvalue weighted by Gasteiger charge is -2.15. The van der Waals surface area contributed by atoms with Crippen molar-refractivity contribution in [1.29, 1.82) is 0 Å². The van der Waals surface area contributed by atoms with Gasteiger partial charge in [-0.2, -0.15) is 12.7 Å². The Morgan fingerprint density at radius 1 is 1.62 bits per heavy atom. The first-order valence-electron chi connectivity index (χ1n) is 4.03. The fraction of sp³-hybridized carbons (Fsp3) is 0.600. The molecule has 2 N–H and O–H groups in total. The normalized spacial score (nSPS) is 11.6. The second-order valence-corrected chi connectivity index (χ2v) is 5.25.